The Morgan fingerprint density at radius 2 is 1.91 bits per heavy atom. The van der Waals surface area contributed by atoms with Gasteiger partial charge < -0.3 is 14.6 Å². The van der Waals surface area contributed by atoms with Crippen LogP contribution in [0.15, 0.2) is 60.9 Å². The highest BCUT2D eigenvalue weighted by Gasteiger charge is 2.43. The van der Waals surface area contributed by atoms with E-state index in [-0.39, 0.29) is 11.4 Å². The molecule has 1 N–H and O–H groups in total. The summed E-state index contributed by atoms with van der Waals surface area (Å²) >= 11 is 0. The second kappa shape index (κ2) is 7.67. The van der Waals surface area contributed by atoms with Gasteiger partial charge in [0.05, 0.1) is 34.7 Å². The van der Waals surface area contributed by atoms with E-state index in [4.69, 9.17) is 9.72 Å². The molecule has 0 unspecified atom stereocenters. The van der Waals surface area contributed by atoms with Crippen molar-refractivity contribution < 1.29 is 9.13 Å². The zero-order chi connectivity index (χ0) is 21.5. The molecule has 1 saturated heterocycles. The summed E-state index contributed by atoms with van der Waals surface area (Å²) in [6, 6.07) is 15.2. The maximum Gasteiger partial charge on any atom is 0.146 e. The third-order valence-electron chi connectivity index (χ3n) is 6.90. The number of benzene rings is 2. The number of anilines is 1. The Bertz CT molecular complexity index is 1250. The van der Waals surface area contributed by atoms with Crippen LogP contribution in [0.5, 0.6) is 0 Å². The van der Waals surface area contributed by atoms with Gasteiger partial charge in [0, 0.05) is 18.0 Å². The first-order valence-electron chi connectivity index (χ1n) is 11.1. The fourth-order valence-corrected chi connectivity index (χ4v) is 5.10. The predicted octanol–water partition coefficient (Wildman–Crippen LogP) is 5.05. The lowest BCUT2D eigenvalue weighted by Crippen LogP contribution is -2.38. The van der Waals surface area contributed by atoms with Crippen molar-refractivity contribution in [2.75, 3.05) is 18.2 Å². The Morgan fingerprint density at radius 3 is 2.72 bits per heavy atom. The normalized spacial score (nSPS) is 23.3. The first-order valence-corrected chi connectivity index (χ1v) is 11.1. The van der Waals surface area contributed by atoms with E-state index in [9.17, 15) is 4.39 Å². The van der Waals surface area contributed by atoms with E-state index in [2.05, 4.69) is 33.4 Å². The van der Waals surface area contributed by atoms with Gasteiger partial charge in [-0.3, -0.25) is 0 Å². The van der Waals surface area contributed by atoms with Crippen LogP contribution in [0.1, 0.15) is 37.4 Å². The minimum Gasteiger partial charge on any atom is -0.353 e. The molecule has 2 aromatic carbocycles. The number of fused-ring (bicyclic) bond motifs is 1. The van der Waals surface area contributed by atoms with Crippen molar-refractivity contribution in [3.8, 4) is 11.1 Å². The molecule has 7 heteroatoms. The Hall–Kier alpha value is -3.32. The molecule has 1 aliphatic carbocycles. The lowest BCUT2D eigenvalue weighted by Gasteiger charge is -2.35. The third-order valence-corrected chi connectivity index (χ3v) is 6.90. The lowest BCUT2D eigenvalue weighted by molar-refractivity contribution is -0.0209. The fourth-order valence-electron chi connectivity index (χ4n) is 5.10. The molecule has 3 heterocycles. The minimum atomic E-state index is -0.189. The van der Waals surface area contributed by atoms with Gasteiger partial charge in [0.25, 0.3) is 0 Å². The Balaban J connectivity index is 1.17. The molecule has 162 valence electrons. The van der Waals surface area contributed by atoms with Crippen molar-refractivity contribution in [3.63, 3.8) is 0 Å². The molecule has 0 atom stereocenters. The second-order valence-electron chi connectivity index (χ2n) is 8.87. The summed E-state index contributed by atoms with van der Waals surface area (Å²) in [6.45, 7) is 1.19. The molecular weight excluding hydrogens is 405 g/mol. The van der Waals surface area contributed by atoms with E-state index < -0.39 is 0 Å². The number of nitrogens with zero attached hydrogens (tertiary/aromatic N) is 4. The van der Waals surface area contributed by atoms with Crippen molar-refractivity contribution in [3.05, 3.63) is 72.6 Å². The molecule has 2 fully saturated rings. The predicted molar refractivity (Wildman–Crippen MR) is 121 cm³/mol. The molecular formula is C25H24FN5O. The van der Waals surface area contributed by atoms with Gasteiger partial charge in [0.1, 0.15) is 18.4 Å². The number of hydrogen-bond donors (Lipinski definition) is 1. The summed E-state index contributed by atoms with van der Waals surface area (Å²) in [5.74, 6) is 1.24. The highest BCUT2D eigenvalue weighted by Crippen LogP contribution is 2.43. The lowest BCUT2D eigenvalue weighted by atomic mass is 9.78. The molecule has 1 aliphatic heterocycles. The standard InChI is InChI=1S/C25H24FN5O/c26-20-3-1-2-4-23(20)31-15-25(32-16-31)10-7-17(8-11-25)24-29-21-6-5-18(13-22(21)30-24)19-9-12-27-28-14-19/h1-6,9,12-14,17H,7-8,10-11,15-16H2,(H,29,30). The van der Waals surface area contributed by atoms with Gasteiger partial charge in [0.15, 0.2) is 0 Å². The van der Waals surface area contributed by atoms with E-state index in [0.29, 0.717) is 18.3 Å². The average Bonchev–Trinajstić information content (AvgIpc) is 3.45. The number of rotatable bonds is 3. The maximum atomic E-state index is 14.2. The van der Waals surface area contributed by atoms with Gasteiger partial charge in [-0.15, -0.1) is 0 Å². The van der Waals surface area contributed by atoms with Crippen molar-refractivity contribution in [2.24, 2.45) is 0 Å². The molecule has 0 radical (unpaired) electrons. The second-order valence-corrected chi connectivity index (χ2v) is 8.87. The number of aromatic nitrogens is 4. The number of aromatic amines is 1. The van der Waals surface area contributed by atoms with Gasteiger partial charge in [-0.25, -0.2) is 9.37 Å². The number of imidazole rings is 1. The first-order chi connectivity index (χ1) is 15.7. The number of H-pyrrole nitrogens is 1. The van der Waals surface area contributed by atoms with Crippen LogP contribution < -0.4 is 4.90 Å². The van der Waals surface area contributed by atoms with E-state index >= 15 is 0 Å². The van der Waals surface area contributed by atoms with Crippen LogP contribution in [0.4, 0.5) is 10.1 Å². The van der Waals surface area contributed by atoms with E-state index in [1.54, 1.807) is 18.5 Å². The number of nitrogens with one attached hydrogen (secondary N) is 1. The van der Waals surface area contributed by atoms with Gasteiger partial charge >= 0.3 is 0 Å². The highest BCUT2D eigenvalue weighted by atomic mass is 19.1. The average molecular weight is 429 g/mol. The molecule has 0 amide bonds. The summed E-state index contributed by atoms with van der Waals surface area (Å²) in [7, 11) is 0. The largest absolute Gasteiger partial charge is 0.353 e. The molecule has 6 rings (SSSR count). The summed E-state index contributed by atoms with van der Waals surface area (Å²) in [5.41, 5.74) is 4.58. The van der Waals surface area contributed by atoms with Crippen LogP contribution in [0, 0.1) is 5.82 Å². The smallest absolute Gasteiger partial charge is 0.146 e. The van der Waals surface area contributed by atoms with E-state index in [1.807, 2.05) is 23.1 Å². The SMILES string of the molecule is Fc1ccccc1N1COC2(CCC(c3nc4cc(-c5ccnnc5)ccc4[nH]3)CC2)C1. The van der Waals surface area contributed by atoms with E-state index in [1.165, 1.54) is 6.07 Å². The summed E-state index contributed by atoms with van der Waals surface area (Å²) in [5, 5.41) is 7.82. The summed E-state index contributed by atoms with van der Waals surface area (Å²) < 4.78 is 20.4. The van der Waals surface area contributed by atoms with Crippen molar-refractivity contribution in [1.82, 2.24) is 20.2 Å². The van der Waals surface area contributed by atoms with Gasteiger partial charge in [0.2, 0.25) is 0 Å². The van der Waals surface area contributed by atoms with Gasteiger partial charge in [-0.2, -0.15) is 10.2 Å². The maximum absolute atomic E-state index is 14.2. The fraction of sp³-hybridized carbons (Fsp3) is 0.320. The van der Waals surface area contributed by atoms with Crippen LogP contribution in [0.25, 0.3) is 22.2 Å². The molecule has 2 aliphatic rings. The van der Waals surface area contributed by atoms with Crippen molar-refractivity contribution in [2.45, 2.75) is 37.2 Å². The van der Waals surface area contributed by atoms with Crippen molar-refractivity contribution >= 4 is 16.7 Å². The van der Waals surface area contributed by atoms with Crippen LogP contribution in [-0.2, 0) is 4.74 Å². The molecule has 1 spiro atoms. The monoisotopic (exact) mass is 429 g/mol. The Morgan fingerprint density at radius 1 is 1.03 bits per heavy atom. The quantitative estimate of drug-likeness (QED) is 0.494. The highest BCUT2D eigenvalue weighted by molar-refractivity contribution is 5.81. The Kier molecular flexibility index (Phi) is 4.64. The zero-order valence-corrected chi connectivity index (χ0v) is 17.7. The van der Waals surface area contributed by atoms with Crippen LogP contribution in [0.3, 0.4) is 0 Å². The topological polar surface area (TPSA) is 66.9 Å². The number of hydrogen-bond acceptors (Lipinski definition) is 5. The number of para-hydroxylation sites is 1. The summed E-state index contributed by atoms with van der Waals surface area (Å²) in [4.78, 5) is 10.5. The Labute approximate surface area is 185 Å². The van der Waals surface area contributed by atoms with Crippen LogP contribution >= 0.6 is 0 Å². The van der Waals surface area contributed by atoms with Crippen LogP contribution in [-0.4, -0.2) is 39.0 Å². The van der Waals surface area contributed by atoms with Crippen LogP contribution in [0.2, 0.25) is 0 Å². The molecule has 32 heavy (non-hydrogen) atoms. The molecule has 2 aromatic heterocycles. The third kappa shape index (κ3) is 3.42. The molecule has 6 nitrogen and oxygen atoms in total. The van der Waals surface area contributed by atoms with Gasteiger partial charge in [-0.05, 0) is 61.6 Å². The van der Waals surface area contributed by atoms with Crippen molar-refractivity contribution in [1.29, 1.82) is 0 Å². The number of halogens is 1. The zero-order valence-electron chi connectivity index (χ0n) is 17.7. The molecule has 1 saturated carbocycles. The first kappa shape index (κ1) is 19.4. The molecule has 4 aromatic rings. The molecule has 0 bridgehead atoms. The summed E-state index contributed by atoms with van der Waals surface area (Å²) in [6.07, 6.45) is 7.38. The number of ether oxygens (including phenoxy) is 1. The van der Waals surface area contributed by atoms with Gasteiger partial charge in [-0.1, -0.05) is 18.2 Å². The minimum absolute atomic E-state index is 0.188. The van der Waals surface area contributed by atoms with E-state index in [0.717, 1.165) is 60.2 Å².